The summed E-state index contributed by atoms with van der Waals surface area (Å²) < 4.78 is 12.0. The Morgan fingerprint density at radius 1 is 1.29 bits per heavy atom. The molecule has 0 aliphatic carbocycles. The van der Waals surface area contributed by atoms with Crippen LogP contribution in [0.3, 0.4) is 0 Å². The SMILES string of the molecule is CCc1cc2c(=O)n(CC(=O)NC(C)c3cc(OC)ccc3OC)cnc2s1. The molecule has 7 nitrogen and oxygen atoms in total. The Balaban J connectivity index is 1.78. The van der Waals surface area contributed by atoms with Gasteiger partial charge in [0.15, 0.2) is 0 Å². The van der Waals surface area contributed by atoms with E-state index in [0.29, 0.717) is 21.7 Å². The number of aryl methyl sites for hydroxylation is 1. The number of aromatic nitrogens is 2. The Morgan fingerprint density at radius 2 is 2.07 bits per heavy atom. The van der Waals surface area contributed by atoms with Gasteiger partial charge in [0.2, 0.25) is 5.91 Å². The summed E-state index contributed by atoms with van der Waals surface area (Å²) in [5, 5.41) is 3.46. The summed E-state index contributed by atoms with van der Waals surface area (Å²) in [6.07, 6.45) is 2.28. The van der Waals surface area contributed by atoms with E-state index in [1.807, 2.05) is 26.0 Å². The molecule has 0 saturated heterocycles. The summed E-state index contributed by atoms with van der Waals surface area (Å²) >= 11 is 1.50. The van der Waals surface area contributed by atoms with Crippen LogP contribution < -0.4 is 20.3 Å². The molecule has 0 spiro atoms. The van der Waals surface area contributed by atoms with Gasteiger partial charge in [-0.2, -0.15) is 0 Å². The molecule has 0 aliphatic rings. The Labute approximate surface area is 166 Å². The molecule has 2 heterocycles. The summed E-state index contributed by atoms with van der Waals surface area (Å²) in [5.74, 6) is 1.04. The van der Waals surface area contributed by atoms with Crippen LogP contribution in [0.5, 0.6) is 11.5 Å². The number of hydrogen-bond donors (Lipinski definition) is 1. The van der Waals surface area contributed by atoms with E-state index in [1.54, 1.807) is 26.4 Å². The second-order valence-electron chi connectivity index (χ2n) is 6.36. The van der Waals surface area contributed by atoms with Crippen LogP contribution in [0.15, 0.2) is 35.4 Å². The number of carbonyl (C=O) groups is 1. The van der Waals surface area contributed by atoms with E-state index < -0.39 is 0 Å². The average molecular weight is 401 g/mol. The quantitative estimate of drug-likeness (QED) is 0.658. The highest BCUT2D eigenvalue weighted by atomic mass is 32.1. The van der Waals surface area contributed by atoms with E-state index in [9.17, 15) is 9.59 Å². The third kappa shape index (κ3) is 4.01. The fraction of sp³-hybridized carbons (Fsp3) is 0.350. The number of benzene rings is 1. The third-order valence-electron chi connectivity index (χ3n) is 4.51. The molecule has 0 radical (unpaired) electrons. The van der Waals surface area contributed by atoms with Crippen LogP contribution in [0, 0.1) is 0 Å². The maximum Gasteiger partial charge on any atom is 0.262 e. The Bertz CT molecular complexity index is 1060. The minimum absolute atomic E-state index is 0.101. The van der Waals surface area contributed by atoms with E-state index >= 15 is 0 Å². The van der Waals surface area contributed by atoms with Gasteiger partial charge in [0.05, 0.1) is 32.0 Å². The molecule has 1 amide bonds. The first-order valence-electron chi connectivity index (χ1n) is 8.96. The standard InChI is InChI=1S/C20H23N3O4S/c1-5-14-9-16-19(28-14)21-11-23(20(16)25)10-18(24)22-12(2)15-8-13(26-3)6-7-17(15)27-4/h6-9,11-12H,5,10H2,1-4H3,(H,22,24). The number of thiophene rings is 1. The number of ether oxygens (including phenoxy) is 2. The predicted octanol–water partition coefficient (Wildman–Crippen LogP) is 2.92. The predicted molar refractivity (Wildman–Crippen MR) is 109 cm³/mol. The molecule has 0 aliphatic heterocycles. The number of nitrogens with zero attached hydrogens (tertiary/aromatic N) is 2. The zero-order valence-corrected chi connectivity index (χ0v) is 17.1. The van der Waals surface area contributed by atoms with Crippen LogP contribution in [0.2, 0.25) is 0 Å². The number of nitrogens with one attached hydrogen (secondary N) is 1. The van der Waals surface area contributed by atoms with Gasteiger partial charge in [-0.15, -0.1) is 11.3 Å². The van der Waals surface area contributed by atoms with Gasteiger partial charge in [0, 0.05) is 10.4 Å². The highest BCUT2D eigenvalue weighted by Crippen LogP contribution is 2.29. The molecule has 28 heavy (non-hydrogen) atoms. The van der Waals surface area contributed by atoms with Crippen molar-refractivity contribution in [2.75, 3.05) is 14.2 Å². The first kappa shape index (κ1) is 19.9. The molecule has 1 atom stereocenters. The number of amides is 1. The second-order valence-corrected chi connectivity index (χ2v) is 7.47. The number of fused-ring (bicyclic) bond motifs is 1. The van der Waals surface area contributed by atoms with E-state index in [4.69, 9.17) is 9.47 Å². The first-order valence-corrected chi connectivity index (χ1v) is 9.77. The molecule has 0 saturated carbocycles. The van der Waals surface area contributed by atoms with E-state index in [-0.39, 0.29) is 24.1 Å². The van der Waals surface area contributed by atoms with Crippen LogP contribution in [-0.4, -0.2) is 29.7 Å². The Kier molecular flexibility index (Phi) is 5.99. The first-order chi connectivity index (χ1) is 13.5. The lowest BCUT2D eigenvalue weighted by Gasteiger charge is -2.18. The molecular weight excluding hydrogens is 378 g/mol. The molecule has 0 bridgehead atoms. The maximum atomic E-state index is 12.6. The zero-order chi connectivity index (χ0) is 20.3. The van der Waals surface area contributed by atoms with Crippen molar-refractivity contribution >= 4 is 27.5 Å². The van der Waals surface area contributed by atoms with Crippen LogP contribution in [0.25, 0.3) is 10.2 Å². The number of rotatable bonds is 7. The van der Waals surface area contributed by atoms with Crippen molar-refractivity contribution in [2.45, 2.75) is 32.9 Å². The maximum absolute atomic E-state index is 12.6. The molecule has 1 N–H and O–H groups in total. The van der Waals surface area contributed by atoms with Crippen molar-refractivity contribution < 1.29 is 14.3 Å². The van der Waals surface area contributed by atoms with Gasteiger partial charge >= 0.3 is 0 Å². The molecule has 0 fully saturated rings. The van der Waals surface area contributed by atoms with Crippen molar-refractivity contribution in [1.82, 2.24) is 14.9 Å². The van der Waals surface area contributed by atoms with Gasteiger partial charge in [-0.3, -0.25) is 14.2 Å². The largest absolute Gasteiger partial charge is 0.497 e. The lowest BCUT2D eigenvalue weighted by atomic mass is 10.1. The monoisotopic (exact) mass is 401 g/mol. The smallest absolute Gasteiger partial charge is 0.262 e. The molecule has 148 valence electrons. The fourth-order valence-electron chi connectivity index (χ4n) is 2.99. The molecular formula is C20H23N3O4S. The van der Waals surface area contributed by atoms with Crippen molar-refractivity contribution in [3.05, 3.63) is 51.4 Å². The van der Waals surface area contributed by atoms with Gasteiger partial charge in [-0.25, -0.2) is 4.98 Å². The van der Waals surface area contributed by atoms with Crippen LogP contribution in [0.4, 0.5) is 0 Å². The van der Waals surface area contributed by atoms with Crippen molar-refractivity contribution in [3.8, 4) is 11.5 Å². The van der Waals surface area contributed by atoms with Crippen molar-refractivity contribution in [2.24, 2.45) is 0 Å². The minimum Gasteiger partial charge on any atom is -0.497 e. The van der Waals surface area contributed by atoms with Crippen molar-refractivity contribution in [1.29, 1.82) is 0 Å². The fourth-order valence-corrected chi connectivity index (χ4v) is 3.92. The number of carbonyl (C=O) groups excluding carboxylic acids is 1. The topological polar surface area (TPSA) is 82.5 Å². The summed E-state index contributed by atoms with van der Waals surface area (Å²) in [5.41, 5.74) is 0.587. The summed E-state index contributed by atoms with van der Waals surface area (Å²) in [6, 6.07) is 6.94. The molecule has 3 rings (SSSR count). The van der Waals surface area contributed by atoms with Crippen LogP contribution in [0.1, 0.15) is 30.3 Å². The third-order valence-corrected chi connectivity index (χ3v) is 5.70. The van der Waals surface area contributed by atoms with E-state index in [2.05, 4.69) is 10.3 Å². The average Bonchev–Trinajstić information content (AvgIpc) is 3.13. The zero-order valence-electron chi connectivity index (χ0n) is 16.3. The summed E-state index contributed by atoms with van der Waals surface area (Å²) in [6.45, 7) is 3.78. The van der Waals surface area contributed by atoms with Crippen LogP contribution >= 0.6 is 11.3 Å². The minimum atomic E-state index is -0.321. The van der Waals surface area contributed by atoms with Gasteiger partial charge in [-0.1, -0.05) is 6.92 Å². The molecule has 1 aromatic carbocycles. The number of hydrogen-bond acceptors (Lipinski definition) is 6. The molecule has 3 aromatic rings. The lowest BCUT2D eigenvalue weighted by molar-refractivity contribution is -0.122. The normalized spacial score (nSPS) is 12.0. The van der Waals surface area contributed by atoms with E-state index in [0.717, 1.165) is 16.9 Å². The highest BCUT2D eigenvalue weighted by molar-refractivity contribution is 7.18. The van der Waals surface area contributed by atoms with Gasteiger partial charge < -0.3 is 14.8 Å². The van der Waals surface area contributed by atoms with Gasteiger partial charge in [0.25, 0.3) is 5.56 Å². The second kappa shape index (κ2) is 8.43. The molecule has 8 heteroatoms. The summed E-state index contributed by atoms with van der Waals surface area (Å²) in [7, 11) is 3.16. The van der Waals surface area contributed by atoms with Gasteiger partial charge in [0.1, 0.15) is 22.9 Å². The highest BCUT2D eigenvalue weighted by Gasteiger charge is 2.17. The molecule has 1 unspecified atom stereocenters. The number of methoxy groups -OCH3 is 2. The molecule has 2 aromatic heterocycles. The van der Waals surface area contributed by atoms with Crippen LogP contribution in [-0.2, 0) is 17.8 Å². The summed E-state index contributed by atoms with van der Waals surface area (Å²) in [4.78, 5) is 31.3. The van der Waals surface area contributed by atoms with E-state index in [1.165, 1.54) is 22.2 Å². The van der Waals surface area contributed by atoms with Crippen molar-refractivity contribution in [3.63, 3.8) is 0 Å². The Hall–Kier alpha value is -2.87. The van der Waals surface area contributed by atoms with Gasteiger partial charge in [-0.05, 0) is 37.6 Å². The lowest BCUT2D eigenvalue weighted by Crippen LogP contribution is -2.34. The Morgan fingerprint density at radius 3 is 2.75 bits per heavy atom.